The van der Waals surface area contributed by atoms with Gasteiger partial charge in [-0.15, -0.1) is 0 Å². The van der Waals surface area contributed by atoms with Crippen molar-refractivity contribution < 1.29 is 8.42 Å². The van der Waals surface area contributed by atoms with Crippen LogP contribution in [0.4, 0.5) is 0 Å². The average Bonchev–Trinajstić information content (AvgIpc) is 2.64. The van der Waals surface area contributed by atoms with Crippen LogP contribution >= 0.6 is 0 Å². The molecular weight excluding hydrogens is 242 g/mol. The van der Waals surface area contributed by atoms with E-state index >= 15 is 0 Å². The standard InChI is InChI=1S/C9H17N5O2S/c1-4-9(3,8(10)11)14-17(15,16)7-5-12-13-6(7)2/h5,14H,4H2,1-3H3,(H3,10,11)(H,12,13). The molecule has 5 N–H and O–H groups in total. The third-order valence-electron chi connectivity index (χ3n) is 2.73. The molecule has 96 valence electrons. The van der Waals surface area contributed by atoms with E-state index in [0.29, 0.717) is 12.1 Å². The Morgan fingerprint density at radius 3 is 2.65 bits per heavy atom. The highest BCUT2D eigenvalue weighted by Gasteiger charge is 2.33. The van der Waals surface area contributed by atoms with Gasteiger partial charge in [0.2, 0.25) is 10.0 Å². The predicted octanol–water partition coefficient (Wildman–Crippen LogP) is 0.101. The fourth-order valence-corrected chi connectivity index (χ4v) is 2.88. The fourth-order valence-electron chi connectivity index (χ4n) is 1.28. The summed E-state index contributed by atoms with van der Waals surface area (Å²) in [6, 6.07) is 0. The van der Waals surface area contributed by atoms with Gasteiger partial charge in [0.1, 0.15) is 10.7 Å². The lowest BCUT2D eigenvalue weighted by atomic mass is 10.00. The van der Waals surface area contributed by atoms with Crippen molar-refractivity contribution in [3.05, 3.63) is 11.9 Å². The Balaban J connectivity index is 3.11. The normalized spacial score (nSPS) is 15.5. The minimum atomic E-state index is -3.73. The maximum atomic E-state index is 12.1. The summed E-state index contributed by atoms with van der Waals surface area (Å²) >= 11 is 0. The minimum Gasteiger partial charge on any atom is -0.386 e. The lowest BCUT2D eigenvalue weighted by Gasteiger charge is -2.27. The van der Waals surface area contributed by atoms with E-state index in [1.165, 1.54) is 6.20 Å². The molecule has 0 aliphatic carbocycles. The van der Waals surface area contributed by atoms with Crippen LogP contribution in [0, 0.1) is 12.3 Å². The van der Waals surface area contributed by atoms with Crippen LogP contribution < -0.4 is 10.5 Å². The first kappa shape index (κ1) is 13.7. The topological polar surface area (TPSA) is 125 Å². The summed E-state index contributed by atoms with van der Waals surface area (Å²) in [6.45, 7) is 4.94. The van der Waals surface area contributed by atoms with Crippen LogP contribution in [0.25, 0.3) is 0 Å². The van der Waals surface area contributed by atoms with E-state index < -0.39 is 15.6 Å². The number of aromatic amines is 1. The largest absolute Gasteiger partial charge is 0.386 e. The maximum Gasteiger partial charge on any atom is 0.244 e. The predicted molar refractivity (Wildman–Crippen MR) is 64.3 cm³/mol. The number of aromatic nitrogens is 2. The smallest absolute Gasteiger partial charge is 0.244 e. The lowest BCUT2D eigenvalue weighted by Crippen LogP contribution is -2.54. The van der Waals surface area contributed by atoms with E-state index in [4.69, 9.17) is 11.1 Å². The summed E-state index contributed by atoms with van der Waals surface area (Å²) < 4.78 is 26.6. The number of hydrogen-bond donors (Lipinski definition) is 4. The lowest BCUT2D eigenvalue weighted by molar-refractivity contribution is 0.505. The molecule has 8 heteroatoms. The Labute approximate surface area is 100 Å². The van der Waals surface area contributed by atoms with Crippen LogP contribution in [0.3, 0.4) is 0 Å². The summed E-state index contributed by atoms with van der Waals surface area (Å²) in [5.41, 5.74) is 4.78. The fraction of sp³-hybridized carbons (Fsp3) is 0.556. The molecule has 0 fully saturated rings. The molecule has 1 atom stereocenters. The van der Waals surface area contributed by atoms with Gasteiger partial charge in [-0.2, -0.15) is 9.82 Å². The van der Waals surface area contributed by atoms with Gasteiger partial charge in [0, 0.05) is 0 Å². The summed E-state index contributed by atoms with van der Waals surface area (Å²) in [6.07, 6.45) is 1.62. The van der Waals surface area contributed by atoms with Gasteiger partial charge in [-0.25, -0.2) is 8.42 Å². The zero-order valence-corrected chi connectivity index (χ0v) is 10.9. The molecule has 0 bridgehead atoms. The number of hydrogen-bond acceptors (Lipinski definition) is 4. The van der Waals surface area contributed by atoms with E-state index in [1.54, 1.807) is 20.8 Å². The summed E-state index contributed by atoms with van der Waals surface area (Å²) in [7, 11) is -3.73. The maximum absolute atomic E-state index is 12.1. The van der Waals surface area contributed by atoms with Gasteiger partial charge in [-0.3, -0.25) is 10.5 Å². The molecule has 0 aliphatic rings. The molecule has 0 radical (unpaired) electrons. The second-order valence-corrected chi connectivity index (χ2v) is 5.71. The summed E-state index contributed by atoms with van der Waals surface area (Å²) in [5, 5.41) is 13.6. The van der Waals surface area contributed by atoms with Crippen LogP contribution in [-0.4, -0.2) is 30.0 Å². The van der Waals surface area contributed by atoms with Crippen LogP contribution in [0.5, 0.6) is 0 Å². The molecule has 0 saturated heterocycles. The number of amidine groups is 1. The van der Waals surface area contributed by atoms with Crippen LogP contribution in [0.2, 0.25) is 0 Å². The van der Waals surface area contributed by atoms with Crippen LogP contribution in [0.1, 0.15) is 26.0 Å². The molecule has 1 aromatic rings. The quantitative estimate of drug-likeness (QED) is 0.442. The van der Waals surface area contributed by atoms with Crippen LogP contribution in [-0.2, 0) is 10.0 Å². The number of rotatable bonds is 5. The molecule has 7 nitrogen and oxygen atoms in total. The van der Waals surface area contributed by atoms with Crippen molar-refractivity contribution in [2.45, 2.75) is 37.6 Å². The Morgan fingerprint density at radius 1 is 1.71 bits per heavy atom. The molecule has 0 spiro atoms. The van der Waals surface area contributed by atoms with Crippen molar-refractivity contribution in [3.63, 3.8) is 0 Å². The Hall–Kier alpha value is -1.41. The molecule has 0 amide bonds. The summed E-state index contributed by atoms with van der Waals surface area (Å²) in [4.78, 5) is 0.0680. The number of nitrogens with one attached hydrogen (secondary N) is 3. The SMILES string of the molecule is CCC(C)(NS(=O)(=O)c1cn[nH]c1C)C(=N)N. The average molecular weight is 259 g/mol. The van der Waals surface area contributed by atoms with Gasteiger partial charge in [0.05, 0.1) is 17.4 Å². The Morgan fingerprint density at radius 2 is 2.29 bits per heavy atom. The molecular formula is C9H17N5O2S. The number of nitrogens with zero attached hydrogens (tertiary/aromatic N) is 1. The first-order chi connectivity index (χ1) is 7.73. The summed E-state index contributed by atoms with van der Waals surface area (Å²) in [5.74, 6) is -0.218. The molecule has 1 heterocycles. The Bertz CT molecular complexity index is 521. The number of nitrogens with two attached hydrogens (primary N) is 1. The minimum absolute atomic E-state index is 0.0680. The monoisotopic (exact) mass is 259 g/mol. The van der Waals surface area contributed by atoms with Gasteiger partial charge >= 0.3 is 0 Å². The van der Waals surface area contributed by atoms with E-state index in [-0.39, 0.29) is 10.7 Å². The Kier molecular flexibility index (Phi) is 3.58. The van der Waals surface area contributed by atoms with E-state index in [9.17, 15) is 8.42 Å². The number of sulfonamides is 1. The van der Waals surface area contributed by atoms with Crippen molar-refractivity contribution >= 4 is 15.9 Å². The molecule has 1 rings (SSSR count). The zero-order chi connectivity index (χ0) is 13.3. The number of aryl methyl sites for hydroxylation is 1. The van der Waals surface area contributed by atoms with Crippen molar-refractivity contribution in [2.24, 2.45) is 5.73 Å². The third kappa shape index (κ3) is 2.64. The van der Waals surface area contributed by atoms with Gasteiger partial charge in [-0.1, -0.05) is 6.92 Å². The highest BCUT2D eigenvalue weighted by Crippen LogP contribution is 2.17. The first-order valence-corrected chi connectivity index (χ1v) is 6.59. The molecule has 1 unspecified atom stereocenters. The second-order valence-electron chi connectivity index (χ2n) is 4.06. The van der Waals surface area contributed by atoms with E-state index in [2.05, 4.69) is 14.9 Å². The molecule has 0 saturated carbocycles. The van der Waals surface area contributed by atoms with Gasteiger partial charge in [0.25, 0.3) is 0 Å². The number of H-pyrrole nitrogens is 1. The van der Waals surface area contributed by atoms with Gasteiger partial charge in [-0.05, 0) is 20.3 Å². The molecule has 0 aliphatic heterocycles. The highest BCUT2D eigenvalue weighted by atomic mass is 32.2. The van der Waals surface area contributed by atoms with Gasteiger partial charge in [0.15, 0.2) is 0 Å². The van der Waals surface area contributed by atoms with Crippen molar-refractivity contribution in [3.8, 4) is 0 Å². The van der Waals surface area contributed by atoms with Crippen molar-refractivity contribution in [2.75, 3.05) is 0 Å². The third-order valence-corrected chi connectivity index (χ3v) is 4.44. The molecule has 0 aromatic carbocycles. The zero-order valence-electron chi connectivity index (χ0n) is 10.0. The first-order valence-electron chi connectivity index (χ1n) is 5.11. The van der Waals surface area contributed by atoms with Crippen molar-refractivity contribution in [1.82, 2.24) is 14.9 Å². The van der Waals surface area contributed by atoms with Gasteiger partial charge < -0.3 is 5.73 Å². The van der Waals surface area contributed by atoms with Crippen LogP contribution in [0.15, 0.2) is 11.1 Å². The van der Waals surface area contributed by atoms with Crippen molar-refractivity contribution in [1.29, 1.82) is 5.41 Å². The van der Waals surface area contributed by atoms with E-state index in [0.717, 1.165) is 0 Å². The molecule has 17 heavy (non-hydrogen) atoms. The molecule has 1 aromatic heterocycles. The second kappa shape index (κ2) is 4.46. The highest BCUT2D eigenvalue weighted by molar-refractivity contribution is 7.89. The van der Waals surface area contributed by atoms with E-state index in [1.807, 2.05) is 0 Å².